The quantitative estimate of drug-likeness (QED) is 0.860. The first-order chi connectivity index (χ1) is 10.4. The molecule has 22 heavy (non-hydrogen) atoms. The summed E-state index contributed by atoms with van der Waals surface area (Å²) in [6, 6.07) is 9.47. The first-order valence-electron chi connectivity index (χ1n) is 6.69. The summed E-state index contributed by atoms with van der Waals surface area (Å²) in [4.78, 5) is 11.6. The van der Waals surface area contributed by atoms with Crippen molar-refractivity contribution in [1.82, 2.24) is 0 Å². The van der Waals surface area contributed by atoms with Crippen LogP contribution in [0.2, 0.25) is 0 Å². The normalized spacial score (nSPS) is 11.6. The van der Waals surface area contributed by atoms with Crippen LogP contribution in [-0.4, -0.2) is 5.78 Å². The molecule has 0 aliphatic heterocycles. The van der Waals surface area contributed by atoms with Gasteiger partial charge in [0.2, 0.25) is 0 Å². The molecule has 0 heterocycles. The maximum atomic E-state index is 13.8. The number of hydrogen-bond donors (Lipinski definition) is 1. The standard InChI is InChI=1S/C17H14F2N2O/c1-10(14-6-4-13(18)8-16(14)19)21-17-7-12(9-20)3-5-15(17)11(2)22/h3-8,10,21H,1-2H3. The van der Waals surface area contributed by atoms with E-state index in [-0.39, 0.29) is 11.3 Å². The minimum absolute atomic E-state index is 0.168. The van der Waals surface area contributed by atoms with E-state index in [2.05, 4.69) is 5.32 Å². The van der Waals surface area contributed by atoms with E-state index in [0.717, 1.165) is 6.07 Å². The average molecular weight is 300 g/mol. The van der Waals surface area contributed by atoms with Crippen LogP contribution in [0.5, 0.6) is 0 Å². The number of nitrogens with zero attached hydrogens (tertiary/aromatic N) is 1. The van der Waals surface area contributed by atoms with E-state index in [1.54, 1.807) is 19.1 Å². The highest BCUT2D eigenvalue weighted by Gasteiger charge is 2.15. The Morgan fingerprint density at radius 2 is 1.95 bits per heavy atom. The van der Waals surface area contributed by atoms with Crippen LogP contribution >= 0.6 is 0 Å². The van der Waals surface area contributed by atoms with Crippen molar-refractivity contribution >= 4 is 11.5 Å². The molecule has 0 fully saturated rings. The fourth-order valence-electron chi connectivity index (χ4n) is 2.20. The Morgan fingerprint density at radius 1 is 1.23 bits per heavy atom. The van der Waals surface area contributed by atoms with Crippen LogP contribution in [-0.2, 0) is 0 Å². The van der Waals surface area contributed by atoms with E-state index in [0.29, 0.717) is 16.8 Å². The molecule has 0 bridgehead atoms. The van der Waals surface area contributed by atoms with Crippen LogP contribution in [0.3, 0.4) is 0 Å². The maximum absolute atomic E-state index is 13.8. The average Bonchev–Trinajstić information content (AvgIpc) is 2.46. The van der Waals surface area contributed by atoms with Gasteiger partial charge in [-0.3, -0.25) is 4.79 Å². The van der Waals surface area contributed by atoms with Crippen molar-refractivity contribution in [2.45, 2.75) is 19.9 Å². The minimum atomic E-state index is -0.666. The highest BCUT2D eigenvalue weighted by molar-refractivity contribution is 5.99. The lowest BCUT2D eigenvalue weighted by molar-refractivity contribution is 0.101. The summed E-state index contributed by atoms with van der Waals surface area (Å²) in [7, 11) is 0. The molecule has 0 radical (unpaired) electrons. The Labute approximate surface area is 127 Å². The zero-order valence-corrected chi connectivity index (χ0v) is 12.2. The molecule has 0 saturated carbocycles. The number of nitriles is 1. The van der Waals surface area contributed by atoms with Gasteiger partial charge in [-0.15, -0.1) is 0 Å². The molecule has 1 atom stereocenters. The Balaban J connectivity index is 2.37. The number of ketones is 1. The second kappa shape index (κ2) is 6.35. The van der Waals surface area contributed by atoms with E-state index in [1.165, 1.54) is 25.1 Å². The van der Waals surface area contributed by atoms with Crippen LogP contribution < -0.4 is 5.32 Å². The Kier molecular flexibility index (Phi) is 4.52. The van der Waals surface area contributed by atoms with Gasteiger partial charge in [0.15, 0.2) is 5.78 Å². The number of halogens is 2. The summed E-state index contributed by atoms with van der Waals surface area (Å²) in [5, 5.41) is 12.0. The van der Waals surface area contributed by atoms with Crippen molar-refractivity contribution in [3.8, 4) is 6.07 Å². The predicted molar refractivity (Wildman–Crippen MR) is 79.6 cm³/mol. The second-order valence-electron chi connectivity index (χ2n) is 4.96. The topological polar surface area (TPSA) is 52.9 Å². The molecule has 0 aliphatic carbocycles. The molecule has 2 rings (SSSR count). The Hall–Kier alpha value is -2.74. The summed E-state index contributed by atoms with van der Waals surface area (Å²) in [5.41, 5.74) is 1.52. The van der Waals surface area contributed by atoms with Gasteiger partial charge in [-0.05, 0) is 38.1 Å². The van der Waals surface area contributed by atoms with Gasteiger partial charge < -0.3 is 5.32 Å². The third kappa shape index (κ3) is 3.29. The van der Waals surface area contributed by atoms with Gasteiger partial charge in [-0.1, -0.05) is 6.07 Å². The SMILES string of the molecule is CC(=O)c1ccc(C#N)cc1NC(C)c1ccc(F)cc1F. The Morgan fingerprint density at radius 3 is 2.55 bits per heavy atom. The van der Waals surface area contributed by atoms with Crippen LogP contribution in [0.1, 0.15) is 41.4 Å². The minimum Gasteiger partial charge on any atom is -0.378 e. The number of benzene rings is 2. The van der Waals surface area contributed by atoms with Gasteiger partial charge in [-0.25, -0.2) is 8.78 Å². The molecule has 0 spiro atoms. The summed E-state index contributed by atoms with van der Waals surface area (Å²) in [6.07, 6.45) is 0. The number of nitrogens with one attached hydrogen (secondary N) is 1. The van der Waals surface area contributed by atoms with Crippen LogP contribution in [0.25, 0.3) is 0 Å². The molecular formula is C17H14F2N2O. The molecule has 0 amide bonds. The van der Waals surface area contributed by atoms with E-state index < -0.39 is 17.7 Å². The van der Waals surface area contributed by atoms with Crippen molar-refractivity contribution < 1.29 is 13.6 Å². The number of carbonyl (C=O) groups is 1. The molecule has 2 aromatic rings. The summed E-state index contributed by atoms with van der Waals surface area (Å²) < 4.78 is 26.8. The molecule has 1 unspecified atom stereocenters. The second-order valence-corrected chi connectivity index (χ2v) is 4.96. The number of Topliss-reactive ketones (excluding diaryl/α,β-unsaturated/α-hetero) is 1. The zero-order valence-electron chi connectivity index (χ0n) is 12.2. The largest absolute Gasteiger partial charge is 0.378 e. The first kappa shape index (κ1) is 15.6. The fourth-order valence-corrected chi connectivity index (χ4v) is 2.20. The fraction of sp³-hybridized carbons (Fsp3) is 0.176. The number of rotatable bonds is 4. The number of anilines is 1. The summed E-state index contributed by atoms with van der Waals surface area (Å²) >= 11 is 0. The maximum Gasteiger partial charge on any atom is 0.161 e. The molecule has 1 N–H and O–H groups in total. The van der Waals surface area contributed by atoms with Crippen molar-refractivity contribution in [3.05, 3.63) is 64.7 Å². The molecule has 2 aromatic carbocycles. The predicted octanol–water partition coefficient (Wildman–Crippen LogP) is 4.21. The lowest BCUT2D eigenvalue weighted by atomic mass is 10.0. The number of hydrogen-bond acceptors (Lipinski definition) is 3. The van der Waals surface area contributed by atoms with E-state index in [4.69, 9.17) is 5.26 Å². The molecule has 3 nitrogen and oxygen atoms in total. The molecule has 0 saturated heterocycles. The molecule has 5 heteroatoms. The molecule has 0 aromatic heterocycles. The summed E-state index contributed by atoms with van der Waals surface area (Å²) in [5.74, 6) is -1.48. The van der Waals surface area contributed by atoms with Gasteiger partial charge >= 0.3 is 0 Å². The summed E-state index contributed by atoms with van der Waals surface area (Å²) in [6.45, 7) is 3.11. The highest BCUT2D eigenvalue weighted by atomic mass is 19.1. The van der Waals surface area contributed by atoms with E-state index in [1.807, 2.05) is 6.07 Å². The monoisotopic (exact) mass is 300 g/mol. The van der Waals surface area contributed by atoms with E-state index >= 15 is 0 Å². The van der Waals surface area contributed by atoms with Gasteiger partial charge in [0.25, 0.3) is 0 Å². The van der Waals surface area contributed by atoms with Gasteiger partial charge in [0, 0.05) is 22.9 Å². The first-order valence-corrected chi connectivity index (χ1v) is 6.69. The van der Waals surface area contributed by atoms with Crippen LogP contribution in [0.4, 0.5) is 14.5 Å². The van der Waals surface area contributed by atoms with Crippen molar-refractivity contribution in [1.29, 1.82) is 5.26 Å². The van der Waals surface area contributed by atoms with Crippen molar-refractivity contribution in [3.63, 3.8) is 0 Å². The zero-order chi connectivity index (χ0) is 16.3. The van der Waals surface area contributed by atoms with Crippen molar-refractivity contribution in [2.24, 2.45) is 0 Å². The van der Waals surface area contributed by atoms with Crippen LogP contribution in [0.15, 0.2) is 36.4 Å². The number of carbonyl (C=O) groups excluding carboxylic acids is 1. The van der Waals surface area contributed by atoms with Gasteiger partial charge in [-0.2, -0.15) is 5.26 Å². The van der Waals surface area contributed by atoms with Gasteiger partial charge in [0.1, 0.15) is 11.6 Å². The van der Waals surface area contributed by atoms with Crippen LogP contribution in [0, 0.1) is 23.0 Å². The highest BCUT2D eigenvalue weighted by Crippen LogP contribution is 2.26. The Bertz CT molecular complexity index is 766. The molecular weight excluding hydrogens is 286 g/mol. The lowest BCUT2D eigenvalue weighted by Gasteiger charge is -2.18. The smallest absolute Gasteiger partial charge is 0.161 e. The van der Waals surface area contributed by atoms with Crippen molar-refractivity contribution in [2.75, 3.05) is 5.32 Å². The third-order valence-corrected chi connectivity index (χ3v) is 3.33. The third-order valence-electron chi connectivity index (χ3n) is 3.33. The molecule has 0 aliphatic rings. The van der Waals surface area contributed by atoms with Gasteiger partial charge in [0.05, 0.1) is 17.7 Å². The van der Waals surface area contributed by atoms with E-state index in [9.17, 15) is 13.6 Å². The lowest BCUT2D eigenvalue weighted by Crippen LogP contribution is -2.12. The molecule has 112 valence electrons.